The maximum atomic E-state index is 12.4. The first-order chi connectivity index (χ1) is 11.3. The second kappa shape index (κ2) is 10.2. The van der Waals surface area contributed by atoms with Crippen molar-refractivity contribution in [1.82, 2.24) is 4.90 Å². The number of nitrogens with zero attached hydrogens (tertiary/aromatic N) is 2. The van der Waals surface area contributed by atoms with E-state index in [0.29, 0.717) is 12.3 Å². The molecular formula is C20H30N2O. The molecule has 1 aromatic carbocycles. The summed E-state index contributed by atoms with van der Waals surface area (Å²) >= 11 is 0. The molecule has 23 heavy (non-hydrogen) atoms. The first-order valence-corrected chi connectivity index (χ1v) is 9.17. The number of carbonyl (C=O) groups excluding carboxylic acids is 1. The second-order valence-corrected chi connectivity index (χ2v) is 6.41. The van der Waals surface area contributed by atoms with Crippen LogP contribution < -0.4 is 0 Å². The predicted octanol–water partition coefficient (Wildman–Crippen LogP) is 4.61. The summed E-state index contributed by atoms with van der Waals surface area (Å²) in [6.45, 7) is 4.66. The Bertz CT molecular complexity index is 496. The number of rotatable bonds is 11. The smallest absolute Gasteiger partial charge is 0.197 e. The molecule has 0 saturated carbocycles. The van der Waals surface area contributed by atoms with Crippen molar-refractivity contribution in [3.8, 4) is 0 Å². The summed E-state index contributed by atoms with van der Waals surface area (Å²) in [5.41, 5.74) is 1.24. The lowest BCUT2D eigenvalue weighted by Gasteiger charge is -2.19. The molecule has 1 heterocycles. The zero-order chi connectivity index (χ0) is 16.3. The summed E-state index contributed by atoms with van der Waals surface area (Å²) < 4.78 is 0. The lowest BCUT2D eigenvalue weighted by Crippen LogP contribution is -2.33. The van der Waals surface area contributed by atoms with Crippen molar-refractivity contribution in [3.05, 3.63) is 35.9 Å². The lowest BCUT2D eigenvalue weighted by atomic mass is 10.1. The highest BCUT2D eigenvalue weighted by atomic mass is 16.1. The number of carbonyl (C=O) groups is 1. The number of Topliss-reactive ketones (excluding diaryl/α,β-unsaturated/α-hetero) is 1. The van der Waals surface area contributed by atoms with Crippen LogP contribution in [0.2, 0.25) is 0 Å². The zero-order valence-corrected chi connectivity index (χ0v) is 14.5. The van der Waals surface area contributed by atoms with Gasteiger partial charge in [-0.15, -0.1) is 0 Å². The number of amidine groups is 1. The van der Waals surface area contributed by atoms with Crippen molar-refractivity contribution in [3.63, 3.8) is 0 Å². The standard InChI is InChI=1S/C20H30N2O/c1-2-3-4-5-6-7-11-14-19(23)20-21-15-16-22(20)17-18-12-9-8-10-13-18/h8-10,12-13H,2-7,11,14-17H2,1H3. The Balaban J connectivity index is 1.69. The van der Waals surface area contributed by atoms with E-state index in [2.05, 4.69) is 28.9 Å². The average Bonchev–Trinajstić information content (AvgIpc) is 3.03. The molecule has 0 amide bonds. The van der Waals surface area contributed by atoms with Gasteiger partial charge in [-0.1, -0.05) is 75.8 Å². The molecule has 0 aromatic heterocycles. The topological polar surface area (TPSA) is 32.7 Å². The molecule has 126 valence electrons. The van der Waals surface area contributed by atoms with E-state index in [0.717, 1.165) is 26.1 Å². The Hall–Kier alpha value is -1.64. The van der Waals surface area contributed by atoms with Crippen LogP contribution >= 0.6 is 0 Å². The Morgan fingerprint density at radius 3 is 2.48 bits per heavy atom. The molecule has 1 aliphatic rings. The molecule has 0 saturated heterocycles. The summed E-state index contributed by atoms with van der Waals surface area (Å²) in [7, 11) is 0. The number of unbranched alkanes of at least 4 members (excludes halogenated alkanes) is 6. The van der Waals surface area contributed by atoms with Crippen molar-refractivity contribution in [1.29, 1.82) is 0 Å². The van der Waals surface area contributed by atoms with E-state index in [1.807, 2.05) is 18.2 Å². The summed E-state index contributed by atoms with van der Waals surface area (Å²) in [5.74, 6) is 0.937. The monoisotopic (exact) mass is 314 g/mol. The third kappa shape index (κ3) is 6.17. The molecule has 1 aromatic rings. The van der Waals surface area contributed by atoms with E-state index >= 15 is 0 Å². The van der Waals surface area contributed by atoms with E-state index in [4.69, 9.17) is 0 Å². The Labute approximate surface area is 140 Å². The van der Waals surface area contributed by atoms with Crippen LogP contribution in [-0.4, -0.2) is 29.6 Å². The van der Waals surface area contributed by atoms with Crippen LogP contribution in [0.4, 0.5) is 0 Å². The number of hydrogen-bond donors (Lipinski definition) is 0. The van der Waals surface area contributed by atoms with Crippen molar-refractivity contribution >= 4 is 11.6 Å². The average molecular weight is 314 g/mol. The summed E-state index contributed by atoms with van der Waals surface area (Å²) in [6.07, 6.45) is 9.35. The number of benzene rings is 1. The zero-order valence-electron chi connectivity index (χ0n) is 14.5. The molecule has 0 atom stereocenters. The van der Waals surface area contributed by atoms with Crippen LogP contribution in [0.15, 0.2) is 35.3 Å². The minimum absolute atomic E-state index is 0.229. The molecule has 0 N–H and O–H groups in total. The van der Waals surface area contributed by atoms with Gasteiger partial charge in [0.2, 0.25) is 0 Å². The maximum absolute atomic E-state index is 12.4. The van der Waals surface area contributed by atoms with E-state index < -0.39 is 0 Å². The first kappa shape index (κ1) is 17.7. The molecule has 0 spiro atoms. The van der Waals surface area contributed by atoms with Gasteiger partial charge in [-0.2, -0.15) is 0 Å². The van der Waals surface area contributed by atoms with Gasteiger partial charge < -0.3 is 4.90 Å². The van der Waals surface area contributed by atoms with E-state index in [9.17, 15) is 4.79 Å². The highest BCUT2D eigenvalue weighted by Gasteiger charge is 2.22. The van der Waals surface area contributed by atoms with Gasteiger partial charge in [0, 0.05) is 19.5 Å². The maximum Gasteiger partial charge on any atom is 0.197 e. The minimum atomic E-state index is 0.229. The van der Waals surface area contributed by atoms with Gasteiger partial charge in [-0.25, -0.2) is 0 Å². The van der Waals surface area contributed by atoms with Gasteiger partial charge in [-0.05, 0) is 12.0 Å². The van der Waals surface area contributed by atoms with Gasteiger partial charge in [0.05, 0.1) is 6.54 Å². The van der Waals surface area contributed by atoms with Crippen LogP contribution in [0.5, 0.6) is 0 Å². The fourth-order valence-electron chi connectivity index (χ4n) is 3.06. The van der Waals surface area contributed by atoms with Crippen molar-refractivity contribution in [2.45, 2.75) is 64.8 Å². The molecule has 0 radical (unpaired) electrons. The number of hydrogen-bond acceptors (Lipinski definition) is 3. The van der Waals surface area contributed by atoms with Gasteiger partial charge in [-0.3, -0.25) is 9.79 Å². The van der Waals surface area contributed by atoms with E-state index in [1.165, 1.54) is 44.1 Å². The number of ketones is 1. The Kier molecular flexibility index (Phi) is 7.85. The predicted molar refractivity (Wildman–Crippen MR) is 96.8 cm³/mol. The van der Waals surface area contributed by atoms with Gasteiger partial charge in [0.15, 0.2) is 11.6 Å². The van der Waals surface area contributed by atoms with E-state index in [-0.39, 0.29) is 5.78 Å². The van der Waals surface area contributed by atoms with Crippen molar-refractivity contribution < 1.29 is 4.79 Å². The third-order valence-corrected chi connectivity index (χ3v) is 4.40. The van der Waals surface area contributed by atoms with Gasteiger partial charge in [0.1, 0.15) is 0 Å². The summed E-state index contributed by atoms with van der Waals surface area (Å²) in [4.78, 5) is 19.0. The normalized spacial score (nSPS) is 14.1. The molecule has 2 rings (SSSR count). The van der Waals surface area contributed by atoms with E-state index in [1.54, 1.807) is 0 Å². The number of aliphatic imine (C=N–C) groups is 1. The molecule has 0 fully saturated rings. The molecule has 3 nitrogen and oxygen atoms in total. The summed E-state index contributed by atoms with van der Waals surface area (Å²) in [5, 5.41) is 0. The van der Waals surface area contributed by atoms with Crippen LogP contribution in [-0.2, 0) is 11.3 Å². The van der Waals surface area contributed by atoms with Gasteiger partial charge in [0.25, 0.3) is 0 Å². The fraction of sp³-hybridized carbons (Fsp3) is 0.600. The Morgan fingerprint density at radius 2 is 1.74 bits per heavy atom. The first-order valence-electron chi connectivity index (χ1n) is 9.17. The molecular weight excluding hydrogens is 284 g/mol. The molecule has 3 heteroatoms. The molecule has 0 aliphatic carbocycles. The lowest BCUT2D eigenvalue weighted by molar-refractivity contribution is -0.113. The minimum Gasteiger partial charge on any atom is -0.348 e. The summed E-state index contributed by atoms with van der Waals surface area (Å²) in [6, 6.07) is 10.3. The van der Waals surface area contributed by atoms with Gasteiger partial charge >= 0.3 is 0 Å². The second-order valence-electron chi connectivity index (χ2n) is 6.41. The quantitative estimate of drug-likeness (QED) is 0.559. The fourth-order valence-corrected chi connectivity index (χ4v) is 3.06. The van der Waals surface area contributed by atoms with Crippen molar-refractivity contribution in [2.75, 3.05) is 13.1 Å². The largest absolute Gasteiger partial charge is 0.348 e. The molecule has 0 unspecified atom stereocenters. The third-order valence-electron chi connectivity index (χ3n) is 4.40. The van der Waals surface area contributed by atoms with Crippen LogP contribution in [0.25, 0.3) is 0 Å². The SMILES string of the molecule is CCCCCCCCCC(=O)C1=NCCN1Cc1ccccc1. The van der Waals surface area contributed by atoms with Crippen molar-refractivity contribution in [2.24, 2.45) is 4.99 Å². The highest BCUT2D eigenvalue weighted by Crippen LogP contribution is 2.13. The highest BCUT2D eigenvalue weighted by molar-refractivity contribution is 6.39. The van der Waals surface area contributed by atoms with Crippen LogP contribution in [0, 0.1) is 0 Å². The molecule has 0 bridgehead atoms. The molecule has 1 aliphatic heterocycles. The Morgan fingerprint density at radius 1 is 1.04 bits per heavy atom. The van der Waals surface area contributed by atoms with Crippen LogP contribution in [0.1, 0.15) is 63.9 Å². The van der Waals surface area contributed by atoms with Crippen LogP contribution in [0.3, 0.4) is 0 Å².